The minimum absolute atomic E-state index is 0.563. The molecule has 2 aromatic carbocycles. The molecule has 1 heterocycles. The van der Waals surface area contributed by atoms with Crippen LogP contribution in [0.5, 0.6) is 5.75 Å². The number of nitriles is 1. The molecule has 0 aliphatic carbocycles. The molecule has 0 fully saturated rings. The standard InChI is InChI=1S/C27H31N3O/c1-2-3-4-5-6-7-8-9-16-31-26-14-10-22(11-15-26)20-29-25-13-12-24-17-23(19-28)21-30-27(24)18-25/h10-15,17-18,20-21H,2-9,16H2,1H3. The molecule has 0 aliphatic heterocycles. The predicted molar refractivity (Wildman–Crippen MR) is 128 cm³/mol. The van der Waals surface area contributed by atoms with Gasteiger partial charge in [0.05, 0.1) is 23.4 Å². The number of pyridine rings is 1. The summed E-state index contributed by atoms with van der Waals surface area (Å²) in [5.41, 5.74) is 3.25. The van der Waals surface area contributed by atoms with Crippen LogP contribution >= 0.6 is 0 Å². The van der Waals surface area contributed by atoms with Gasteiger partial charge in [-0.2, -0.15) is 5.26 Å². The average Bonchev–Trinajstić information content (AvgIpc) is 2.82. The third kappa shape index (κ3) is 7.53. The number of nitrogens with zero attached hydrogens (tertiary/aromatic N) is 3. The summed E-state index contributed by atoms with van der Waals surface area (Å²) in [6, 6.07) is 17.8. The quantitative estimate of drug-likeness (QED) is 0.230. The minimum Gasteiger partial charge on any atom is -0.494 e. The molecule has 0 unspecified atom stereocenters. The molecule has 160 valence electrons. The van der Waals surface area contributed by atoms with Crippen molar-refractivity contribution in [1.82, 2.24) is 4.98 Å². The Kier molecular flexibility index (Phi) is 9.07. The van der Waals surface area contributed by atoms with Crippen molar-refractivity contribution in [3.63, 3.8) is 0 Å². The Morgan fingerprint density at radius 2 is 1.68 bits per heavy atom. The first-order valence-corrected chi connectivity index (χ1v) is 11.4. The number of aliphatic imine (C=N–C) groups is 1. The number of hydrogen-bond donors (Lipinski definition) is 0. The van der Waals surface area contributed by atoms with Crippen molar-refractivity contribution in [2.24, 2.45) is 4.99 Å². The van der Waals surface area contributed by atoms with Gasteiger partial charge < -0.3 is 4.74 Å². The van der Waals surface area contributed by atoms with Crippen LogP contribution in [0.2, 0.25) is 0 Å². The highest BCUT2D eigenvalue weighted by Gasteiger charge is 2.00. The first-order valence-electron chi connectivity index (χ1n) is 11.4. The van der Waals surface area contributed by atoms with Gasteiger partial charge in [-0.15, -0.1) is 0 Å². The van der Waals surface area contributed by atoms with Crippen LogP contribution in [-0.4, -0.2) is 17.8 Å². The molecule has 0 spiro atoms. The van der Waals surface area contributed by atoms with Crippen molar-refractivity contribution in [2.75, 3.05) is 6.61 Å². The largest absolute Gasteiger partial charge is 0.494 e. The van der Waals surface area contributed by atoms with E-state index in [-0.39, 0.29) is 0 Å². The maximum atomic E-state index is 8.97. The fourth-order valence-corrected chi connectivity index (χ4v) is 3.48. The van der Waals surface area contributed by atoms with Crippen molar-refractivity contribution in [3.8, 4) is 11.8 Å². The van der Waals surface area contributed by atoms with Gasteiger partial charge in [-0.3, -0.25) is 9.98 Å². The van der Waals surface area contributed by atoms with Crippen LogP contribution in [0.15, 0.2) is 59.7 Å². The van der Waals surface area contributed by atoms with Crippen LogP contribution in [0, 0.1) is 11.3 Å². The normalized spacial score (nSPS) is 11.1. The number of rotatable bonds is 12. The Bertz CT molecular complexity index is 1020. The lowest BCUT2D eigenvalue weighted by molar-refractivity contribution is 0.304. The zero-order valence-electron chi connectivity index (χ0n) is 18.4. The summed E-state index contributed by atoms with van der Waals surface area (Å²) in [5, 5.41) is 9.91. The lowest BCUT2D eigenvalue weighted by Gasteiger charge is -2.06. The molecule has 4 nitrogen and oxygen atoms in total. The minimum atomic E-state index is 0.563. The van der Waals surface area contributed by atoms with E-state index in [1.54, 1.807) is 6.20 Å². The van der Waals surface area contributed by atoms with E-state index in [9.17, 15) is 0 Å². The molecule has 0 bridgehead atoms. The van der Waals surface area contributed by atoms with E-state index in [2.05, 4.69) is 23.0 Å². The second kappa shape index (κ2) is 12.5. The Morgan fingerprint density at radius 3 is 2.42 bits per heavy atom. The first-order chi connectivity index (χ1) is 15.3. The zero-order chi connectivity index (χ0) is 21.7. The van der Waals surface area contributed by atoms with Crippen molar-refractivity contribution >= 4 is 22.8 Å². The SMILES string of the molecule is CCCCCCCCCCOc1ccc(C=Nc2ccc3cc(C#N)cnc3c2)cc1. The van der Waals surface area contributed by atoms with Crippen LogP contribution in [0.1, 0.15) is 69.4 Å². The second-order valence-electron chi connectivity index (χ2n) is 7.86. The average molecular weight is 414 g/mol. The molecule has 0 N–H and O–H groups in total. The van der Waals surface area contributed by atoms with Gasteiger partial charge in [0.25, 0.3) is 0 Å². The molecular weight excluding hydrogens is 382 g/mol. The third-order valence-electron chi connectivity index (χ3n) is 5.31. The molecule has 0 amide bonds. The van der Waals surface area contributed by atoms with Gasteiger partial charge in [-0.25, -0.2) is 0 Å². The Labute approximate surface area is 185 Å². The molecule has 4 heteroatoms. The van der Waals surface area contributed by atoms with E-state index in [0.29, 0.717) is 5.56 Å². The Balaban J connectivity index is 1.42. The lowest BCUT2D eigenvalue weighted by atomic mass is 10.1. The summed E-state index contributed by atoms with van der Waals surface area (Å²) >= 11 is 0. The highest BCUT2D eigenvalue weighted by atomic mass is 16.5. The molecule has 0 atom stereocenters. The van der Waals surface area contributed by atoms with Gasteiger partial charge in [0.1, 0.15) is 11.8 Å². The predicted octanol–water partition coefficient (Wildman–Crippen LogP) is 7.38. The molecule has 31 heavy (non-hydrogen) atoms. The van der Waals surface area contributed by atoms with Crippen LogP contribution < -0.4 is 4.74 Å². The molecule has 3 aromatic rings. The van der Waals surface area contributed by atoms with Gasteiger partial charge in [-0.05, 0) is 54.4 Å². The summed E-state index contributed by atoms with van der Waals surface area (Å²) in [6.45, 7) is 3.03. The Morgan fingerprint density at radius 1 is 0.935 bits per heavy atom. The highest BCUT2D eigenvalue weighted by Crippen LogP contribution is 2.21. The number of fused-ring (bicyclic) bond motifs is 1. The fourth-order valence-electron chi connectivity index (χ4n) is 3.48. The van der Waals surface area contributed by atoms with Crippen LogP contribution in [0.4, 0.5) is 5.69 Å². The number of benzene rings is 2. The molecular formula is C27H31N3O. The van der Waals surface area contributed by atoms with Crippen molar-refractivity contribution in [3.05, 3.63) is 65.9 Å². The van der Waals surface area contributed by atoms with Gasteiger partial charge in [0.15, 0.2) is 0 Å². The molecule has 0 saturated carbocycles. The van der Waals surface area contributed by atoms with Crippen molar-refractivity contribution in [2.45, 2.75) is 58.3 Å². The van der Waals surface area contributed by atoms with Crippen molar-refractivity contribution < 1.29 is 4.74 Å². The summed E-state index contributed by atoms with van der Waals surface area (Å²) in [6.07, 6.45) is 13.9. The summed E-state index contributed by atoms with van der Waals surface area (Å²) in [4.78, 5) is 8.88. The smallest absolute Gasteiger partial charge is 0.119 e. The van der Waals surface area contributed by atoms with Gasteiger partial charge in [0, 0.05) is 17.8 Å². The zero-order valence-corrected chi connectivity index (χ0v) is 18.4. The maximum absolute atomic E-state index is 8.97. The van der Waals surface area contributed by atoms with Gasteiger partial charge >= 0.3 is 0 Å². The van der Waals surface area contributed by atoms with E-state index in [4.69, 9.17) is 10.00 Å². The van der Waals surface area contributed by atoms with Crippen LogP contribution in [0.25, 0.3) is 10.9 Å². The second-order valence-corrected chi connectivity index (χ2v) is 7.86. The van der Waals surface area contributed by atoms with Gasteiger partial charge in [-0.1, -0.05) is 57.9 Å². The molecule has 0 radical (unpaired) electrons. The third-order valence-corrected chi connectivity index (χ3v) is 5.31. The monoisotopic (exact) mass is 413 g/mol. The topological polar surface area (TPSA) is 58.3 Å². The van der Waals surface area contributed by atoms with E-state index in [1.165, 1.54) is 44.9 Å². The summed E-state index contributed by atoms with van der Waals surface area (Å²) < 4.78 is 5.86. The number of unbranched alkanes of at least 4 members (excludes halogenated alkanes) is 7. The molecule has 0 aliphatic rings. The highest BCUT2D eigenvalue weighted by molar-refractivity contribution is 5.86. The van der Waals surface area contributed by atoms with E-state index >= 15 is 0 Å². The summed E-state index contributed by atoms with van der Waals surface area (Å²) in [5.74, 6) is 0.906. The van der Waals surface area contributed by atoms with E-state index in [1.807, 2.05) is 54.7 Å². The van der Waals surface area contributed by atoms with E-state index in [0.717, 1.165) is 40.9 Å². The first kappa shape index (κ1) is 22.5. The summed E-state index contributed by atoms with van der Waals surface area (Å²) in [7, 11) is 0. The molecule has 3 rings (SSSR count). The molecule has 0 saturated heterocycles. The maximum Gasteiger partial charge on any atom is 0.119 e. The number of aromatic nitrogens is 1. The van der Waals surface area contributed by atoms with E-state index < -0.39 is 0 Å². The van der Waals surface area contributed by atoms with Crippen LogP contribution in [-0.2, 0) is 0 Å². The number of hydrogen-bond acceptors (Lipinski definition) is 4. The van der Waals surface area contributed by atoms with Crippen molar-refractivity contribution in [1.29, 1.82) is 5.26 Å². The fraction of sp³-hybridized carbons (Fsp3) is 0.370. The van der Waals surface area contributed by atoms with Crippen LogP contribution in [0.3, 0.4) is 0 Å². The Hall–Kier alpha value is -3.19. The molecule has 1 aromatic heterocycles. The lowest BCUT2D eigenvalue weighted by Crippen LogP contribution is -1.97. The number of ether oxygens (including phenoxy) is 1. The van der Waals surface area contributed by atoms with Gasteiger partial charge in [0.2, 0.25) is 0 Å².